The summed E-state index contributed by atoms with van der Waals surface area (Å²) < 4.78 is 48.7. The van der Waals surface area contributed by atoms with Crippen molar-refractivity contribution in [3.05, 3.63) is 35.4 Å². The van der Waals surface area contributed by atoms with Crippen LogP contribution in [0.5, 0.6) is 0 Å². The minimum Gasteiger partial charge on any atom is -0.444 e. The summed E-state index contributed by atoms with van der Waals surface area (Å²) in [5, 5.41) is 9.26. The first-order chi connectivity index (χ1) is 12.0. The standard InChI is InChI=1S/C18H21F3N2O3/c1-17(2,3)26-16(24)23-9-13(8-22)15(10-23)25-11-12-4-6-14(7-5-12)18(19,20)21/h4-7,13,15H,9-11H2,1-3H3/t13-,15-/m1/s1. The summed E-state index contributed by atoms with van der Waals surface area (Å²) >= 11 is 0. The molecule has 1 amide bonds. The number of carbonyl (C=O) groups is 1. The predicted octanol–water partition coefficient (Wildman–Crippen LogP) is 3.98. The van der Waals surface area contributed by atoms with Gasteiger partial charge in [0.2, 0.25) is 0 Å². The first-order valence-electron chi connectivity index (χ1n) is 8.15. The molecule has 0 aromatic heterocycles. The highest BCUT2D eigenvalue weighted by atomic mass is 19.4. The normalized spacial score (nSPS) is 20.7. The van der Waals surface area contributed by atoms with Crippen molar-refractivity contribution in [2.24, 2.45) is 5.92 Å². The molecule has 0 spiro atoms. The summed E-state index contributed by atoms with van der Waals surface area (Å²) in [6, 6.07) is 6.76. The summed E-state index contributed by atoms with van der Waals surface area (Å²) in [6.07, 6.45) is -5.42. The zero-order valence-corrected chi connectivity index (χ0v) is 14.8. The minimum absolute atomic E-state index is 0.0587. The Hall–Kier alpha value is -2.27. The lowest BCUT2D eigenvalue weighted by molar-refractivity contribution is -0.137. The number of ether oxygens (including phenoxy) is 2. The van der Waals surface area contributed by atoms with E-state index in [1.54, 1.807) is 20.8 Å². The highest BCUT2D eigenvalue weighted by Crippen LogP contribution is 2.29. The van der Waals surface area contributed by atoms with Gasteiger partial charge in [-0.15, -0.1) is 0 Å². The van der Waals surface area contributed by atoms with Crippen LogP contribution in [0.3, 0.4) is 0 Å². The van der Waals surface area contributed by atoms with Gasteiger partial charge >= 0.3 is 12.3 Å². The molecule has 1 heterocycles. The molecule has 0 aliphatic carbocycles. The molecule has 1 aromatic rings. The Morgan fingerprint density at radius 1 is 1.23 bits per heavy atom. The Morgan fingerprint density at radius 3 is 2.35 bits per heavy atom. The number of halogens is 3. The van der Waals surface area contributed by atoms with E-state index in [0.29, 0.717) is 5.56 Å². The third kappa shape index (κ3) is 5.36. The average molecular weight is 370 g/mol. The van der Waals surface area contributed by atoms with Crippen LogP contribution in [0.4, 0.5) is 18.0 Å². The van der Waals surface area contributed by atoms with E-state index in [1.807, 2.05) is 0 Å². The lowest BCUT2D eigenvalue weighted by Gasteiger charge is -2.24. The fourth-order valence-electron chi connectivity index (χ4n) is 2.54. The molecule has 26 heavy (non-hydrogen) atoms. The molecule has 5 nitrogen and oxygen atoms in total. The highest BCUT2D eigenvalue weighted by molar-refractivity contribution is 5.68. The van der Waals surface area contributed by atoms with Crippen LogP contribution in [-0.4, -0.2) is 35.8 Å². The van der Waals surface area contributed by atoms with E-state index in [1.165, 1.54) is 17.0 Å². The van der Waals surface area contributed by atoms with Gasteiger partial charge in [0.1, 0.15) is 5.60 Å². The highest BCUT2D eigenvalue weighted by Gasteiger charge is 2.38. The number of likely N-dealkylation sites (tertiary alicyclic amines) is 1. The fraction of sp³-hybridized carbons (Fsp3) is 0.556. The third-order valence-electron chi connectivity index (χ3n) is 3.83. The minimum atomic E-state index is -4.38. The van der Waals surface area contributed by atoms with E-state index in [-0.39, 0.29) is 19.7 Å². The van der Waals surface area contributed by atoms with Gasteiger partial charge in [-0.05, 0) is 38.5 Å². The van der Waals surface area contributed by atoms with Gasteiger partial charge in [-0.25, -0.2) is 4.79 Å². The van der Waals surface area contributed by atoms with E-state index >= 15 is 0 Å². The molecule has 2 rings (SSSR count). The molecule has 0 N–H and O–H groups in total. The zero-order valence-electron chi connectivity index (χ0n) is 14.8. The lowest BCUT2D eigenvalue weighted by Crippen LogP contribution is -2.36. The quantitative estimate of drug-likeness (QED) is 0.807. The molecule has 142 valence electrons. The molecule has 1 aromatic carbocycles. The first-order valence-corrected chi connectivity index (χ1v) is 8.15. The van der Waals surface area contributed by atoms with Gasteiger partial charge in [0.25, 0.3) is 0 Å². The van der Waals surface area contributed by atoms with Crippen LogP contribution >= 0.6 is 0 Å². The molecule has 1 saturated heterocycles. The number of rotatable bonds is 3. The zero-order chi connectivity index (χ0) is 19.5. The largest absolute Gasteiger partial charge is 0.444 e. The Kier molecular flexibility index (Phi) is 5.81. The Balaban J connectivity index is 1.94. The summed E-state index contributed by atoms with van der Waals surface area (Å²) in [5.41, 5.74) is -0.809. The van der Waals surface area contributed by atoms with Crippen LogP contribution in [-0.2, 0) is 22.3 Å². The van der Waals surface area contributed by atoms with Crippen LogP contribution in [0.1, 0.15) is 31.9 Å². The molecular weight excluding hydrogens is 349 g/mol. The van der Waals surface area contributed by atoms with Crippen molar-refractivity contribution >= 4 is 6.09 Å². The van der Waals surface area contributed by atoms with Gasteiger partial charge in [-0.3, -0.25) is 0 Å². The Bertz CT molecular complexity index is 675. The second-order valence-electron chi connectivity index (χ2n) is 7.17. The van der Waals surface area contributed by atoms with E-state index in [0.717, 1.165) is 12.1 Å². The summed E-state index contributed by atoms with van der Waals surface area (Å²) in [6.45, 7) is 5.71. The van der Waals surface area contributed by atoms with Gasteiger partial charge in [-0.2, -0.15) is 18.4 Å². The van der Waals surface area contributed by atoms with Gasteiger partial charge in [0, 0.05) is 6.54 Å². The van der Waals surface area contributed by atoms with Gasteiger partial charge in [-0.1, -0.05) is 12.1 Å². The molecule has 0 unspecified atom stereocenters. The molecule has 1 aliphatic heterocycles. The second-order valence-corrected chi connectivity index (χ2v) is 7.17. The summed E-state index contributed by atoms with van der Waals surface area (Å²) in [7, 11) is 0. The smallest absolute Gasteiger partial charge is 0.416 e. The number of benzene rings is 1. The van der Waals surface area contributed by atoms with Crippen molar-refractivity contribution in [2.45, 2.75) is 45.3 Å². The average Bonchev–Trinajstić information content (AvgIpc) is 2.94. The number of carbonyl (C=O) groups excluding carboxylic acids is 1. The van der Waals surface area contributed by atoms with E-state index in [9.17, 15) is 23.2 Å². The number of alkyl halides is 3. The second kappa shape index (κ2) is 7.54. The van der Waals surface area contributed by atoms with Crippen molar-refractivity contribution in [3.8, 4) is 6.07 Å². The van der Waals surface area contributed by atoms with Crippen LogP contribution in [0.25, 0.3) is 0 Å². The Morgan fingerprint density at radius 2 is 1.85 bits per heavy atom. The number of amides is 1. The number of nitrogens with zero attached hydrogens (tertiary/aromatic N) is 2. The van der Waals surface area contributed by atoms with E-state index in [2.05, 4.69) is 6.07 Å². The summed E-state index contributed by atoms with van der Waals surface area (Å²) in [5.74, 6) is -0.517. The number of hydrogen-bond donors (Lipinski definition) is 0. The molecule has 2 atom stereocenters. The maximum absolute atomic E-state index is 12.6. The molecule has 1 aliphatic rings. The van der Waals surface area contributed by atoms with Crippen LogP contribution in [0.15, 0.2) is 24.3 Å². The van der Waals surface area contributed by atoms with Gasteiger partial charge < -0.3 is 14.4 Å². The Labute approximate surface area is 150 Å². The SMILES string of the molecule is CC(C)(C)OC(=O)N1C[C@@H](C#N)[C@H](OCc2ccc(C(F)(F)F)cc2)C1. The van der Waals surface area contributed by atoms with Gasteiger partial charge in [0.05, 0.1) is 36.8 Å². The molecule has 0 radical (unpaired) electrons. The van der Waals surface area contributed by atoms with Gasteiger partial charge in [0.15, 0.2) is 0 Å². The predicted molar refractivity (Wildman–Crippen MR) is 86.9 cm³/mol. The van der Waals surface area contributed by atoms with Crippen molar-refractivity contribution in [2.75, 3.05) is 13.1 Å². The van der Waals surface area contributed by atoms with E-state index in [4.69, 9.17) is 9.47 Å². The molecule has 8 heteroatoms. The first kappa shape index (κ1) is 20.0. The third-order valence-corrected chi connectivity index (χ3v) is 3.83. The fourth-order valence-corrected chi connectivity index (χ4v) is 2.54. The van der Waals surface area contributed by atoms with Crippen molar-refractivity contribution in [1.29, 1.82) is 5.26 Å². The van der Waals surface area contributed by atoms with Crippen LogP contribution < -0.4 is 0 Å². The monoisotopic (exact) mass is 370 g/mol. The summed E-state index contributed by atoms with van der Waals surface area (Å²) in [4.78, 5) is 13.5. The maximum Gasteiger partial charge on any atom is 0.416 e. The molecular formula is C18H21F3N2O3. The van der Waals surface area contributed by atoms with Crippen LogP contribution in [0.2, 0.25) is 0 Å². The number of hydrogen-bond acceptors (Lipinski definition) is 4. The van der Waals surface area contributed by atoms with Crippen LogP contribution in [0, 0.1) is 17.2 Å². The van der Waals surface area contributed by atoms with Crippen molar-refractivity contribution < 1.29 is 27.4 Å². The molecule has 1 fully saturated rings. The molecule has 0 saturated carbocycles. The topological polar surface area (TPSA) is 62.6 Å². The molecule has 0 bridgehead atoms. The maximum atomic E-state index is 12.6. The lowest BCUT2D eigenvalue weighted by atomic mass is 10.1. The number of nitriles is 1. The van der Waals surface area contributed by atoms with Crippen molar-refractivity contribution in [1.82, 2.24) is 4.90 Å². The van der Waals surface area contributed by atoms with Crippen molar-refractivity contribution in [3.63, 3.8) is 0 Å². The van der Waals surface area contributed by atoms with E-state index < -0.39 is 35.5 Å².